The van der Waals surface area contributed by atoms with Crippen molar-refractivity contribution in [2.45, 2.75) is 19.5 Å². The second kappa shape index (κ2) is 7.68. The summed E-state index contributed by atoms with van der Waals surface area (Å²) in [5, 5.41) is 0.655. The highest BCUT2D eigenvalue weighted by atomic mass is 79.9. The molecule has 19 heavy (non-hydrogen) atoms. The Bertz CT molecular complexity index is 465. The van der Waals surface area contributed by atoms with Crippen molar-refractivity contribution in [3.05, 3.63) is 45.9 Å². The maximum atomic E-state index is 11.9. The number of methoxy groups -OCH3 is 1. The Balaban J connectivity index is 2.93. The Morgan fingerprint density at radius 2 is 2.32 bits per heavy atom. The van der Waals surface area contributed by atoms with Gasteiger partial charge in [-0.1, -0.05) is 40.2 Å². The Kier molecular flexibility index (Phi) is 6.55. The second-order valence-electron chi connectivity index (χ2n) is 4.21. The van der Waals surface area contributed by atoms with Gasteiger partial charge in [0.1, 0.15) is 0 Å². The summed E-state index contributed by atoms with van der Waals surface area (Å²) in [5.74, 6) is -0.119. The van der Waals surface area contributed by atoms with Crippen molar-refractivity contribution in [1.82, 2.24) is 4.90 Å². The Morgan fingerprint density at radius 1 is 1.63 bits per heavy atom. The molecule has 0 fully saturated rings. The molecule has 1 atom stereocenters. The van der Waals surface area contributed by atoms with E-state index in [9.17, 15) is 4.79 Å². The molecule has 3 nitrogen and oxygen atoms in total. The third-order valence-corrected chi connectivity index (χ3v) is 3.73. The standard InChI is InChI=1S/C14H17BrClNO2/c1-4-14(18)17(10(2)9-19-3)8-11-5-6-12(16)7-13(11)15/h4-7,10H,1,8-9H2,2-3H3/t10-/m0/s1. The summed E-state index contributed by atoms with van der Waals surface area (Å²) in [4.78, 5) is 13.6. The highest BCUT2D eigenvalue weighted by Crippen LogP contribution is 2.23. The maximum absolute atomic E-state index is 11.9. The molecule has 1 rings (SSSR count). The fourth-order valence-corrected chi connectivity index (χ4v) is 2.54. The van der Waals surface area contributed by atoms with Crippen molar-refractivity contribution >= 4 is 33.4 Å². The smallest absolute Gasteiger partial charge is 0.246 e. The van der Waals surface area contributed by atoms with Crippen molar-refractivity contribution in [1.29, 1.82) is 0 Å². The first-order chi connectivity index (χ1) is 8.99. The van der Waals surface area contributed by atoms with Gasteiger partial charge in [0.15, 0.2) is 0 Å². The van der Waals surface area contributed by atoms with Crippen molar-refractivity contribution in [3.8, 4) is 0 Å². The minimum absolute atomic E-state index is 0.0296. The number of amides is 1. The van der Waals surface area contributed by atoms with Crippen LogP contribution in [0.2, 0.25) is 5.02 Å². The van der Waals surface area contributed by atoms with E-state index in [0.29, 0.717) is 18.2 Å². The van der Waals surface area contributed by atoms with Crippen LogP contribution in [0.3, 0.4) is 0 Å². The summed E-state index contributed by atoms with van der Waals surface area (Å²) in [6.45, 7) is 6.43. The van der Waals surface area contributed by atoms with Gasteiger partial charge in [-0.3, -0.25) is 4.79 Å². The molecule has 0 aliphatic rings. The zero-order chi connectivity index (χ0) is 14.4. The van der Waals surface area contributed by atoms with Crippen LogP contribution in [-0.2, 0) is 16.1 Å². The Morgan fingerprint density at radius 3 is 2.84 bits per heavy atom. The number of carbonyl (C=O) groups excluding carboxylic acids is 1. The molecule has 0 unspecified atom stereocenters. The van der Waals surface area contributed by atoms with Crippen LogP contribution in [0, 0.1) is 0 Å². The van der Waals surface area contributed by atoms with Gasteiger partial charge in [-0.2, -0.15) is 0 Å². The molecule has 5 heteroatoms. The molecule has 1 amide bonds. The van der Waals surface area contributed by atoms with Crippen LogP contribution in [0.1, 0.15) is 12.5 Å². The first-order valence-corrected chi connectivity index (χ1v) is 7.02. The predicted octanol–water partition coefficient (Wildman–Crippen LogP) is 3.65. The summed E-state index contributed by atoms with van der Waals surface area (Å²) in [5.41, 5.74) is 0.988. The lowest BCUT2D eigenvalue weighted by Gasteiger charge is -2.28. The minimum Gasteiger partial charge on any atom is -0.383 e. The second-order valence-corrected chi connectivity index (χ2v) is 5.50. The average Bonchev–Trinajstić information content (AvgIpc) is 2.37. The largest absolute Gasteiger partial charge is 0.383 e. The summed E-state index contributed by atoms with van der Waals surface area (Å²) in [7, 11) is 1.62. The van der Waals surface area contributed by atoms with Crippen LogP contribution in [0.15, 0.2) is 35.3 Å². The molecule has 0 bridgehead atoms. The molecule has 1 aromatic carbocycles. The van der Waals surface area contributed by atoms with E-state index in [1.165, 1.54) is 6.08 Å². The number of benzene rings is 1. The van der Waals surface area contributed by atoms with E-state index in [0.717, 1.165) is 10.0 Å². The highest BCUT2D eigenvalue weighted by molar-refractivity contribution is 9.10. The quantitative estimate of drug-likeness (QED) is 0.736. The highest BCUT2D eigenvalue weighted by Gasteiger charge is 2.19. The number of nitrogens with zero attached hydrogens (tertiary/aromatic N) is 1. The topological polar surface area (TPSA) is 29.5 Å². The molecular formula is C14H17BrClNO2. The van der Waals surface area contributed by atoms with Crippen LogP contribution in [0.5, 0.6) is 0 Å². The SMILES string of the molecule is C=CC(=O)N(Cc1ccc(Cl)cc1Br)[C@@H](C)COC. The van der Waals surface area contributed by atoms with Gasteiger partial charge >= 0.3 is 0 Å². The van der Waals surface area contributed by atoms with Crippen molar-refractivity contribution in [2.24, 2.45) is 0 Å². The van der Waals surface area contributed by atoms with Gasteiger partial charge in [0.25, 0.3) is 0 Å². The third-order valence-electron chi connectivity index (χ3n) is 2.75. The normalized spacial score (nSPS) is 12.0. The number of hydrogen-bond acceptors (Lipinski definition) is 2. The average molecular weight is 347 g/mol. The minimum atomic E-state index is -0.119. The van der Waals surface area contributed by atoms with Crippen LogP contribution in [0.4, 0.5) is 0 Å². The number of rotatable bonds is 6. The predicted molar refractivity (Wildman–Crippen MR) is 81.2 cm³/mol. The lowest BCUT2D eigenvalue weighted by molar-refractivity contribution is -0.129. The fourth-order valence-electron chi connectivity index (χ4n) is 1.73. The van der Waals surface area contributed by atoms with Gasteiger partial charge in [-0.05, 0) is 30.7 Å². The van der Waals surface area contributed by atoms with Crippen LogP contribution >= 0.6 is 27.5 Å². The summed E-state index contributed by atoms with van der Waals surface area (Å²) in [6.07, 6.45) is 1.32. The van der Waals surface area contributed by atoms with Gasteiger partial charge in [0, 0.05) is 23.1 Å². The van der Waals surface area contributed by atoms with Crippen molar-refractivity contribution in [3.63, 3.8) is 0 Å². The first-order valence-electron chi connectivity index (χ1n) is 5.85. The maximum Gasteiger partial charge on any atom is 0.246 e. The van der Waals surface area contributed by atoms with Gasteiger partial charge in [0.2, 0.25) is 5.91 Å². The molecule has 0 radical (unpaired) electrons. The van der Waals surface area contributed by atoms with E-state index < -0.39 is 0 Å². The van der Waals surface area contributed by atoms with E-state index in [-0.39, 0.29) is 11.9 Å². The number of carbonyl (C=O) groups is 1. The Labute approximate surface area is 127 Å². The van der Waals surface area contributed by atoms with E-state index in [1.807, 2.05) is 19.1 Å². The summed E-state index contributed by atoms with van der Waals surface area (Å²) < 4.78 is 5.99. The van der Waals surface area contributed by atoms with Gasteiger partial charge in [0.05, 0.1) is 12.6 Å². The monoisotopic (exact) mass is 345 g/mol. The van der Waals surface area contributed by atoms with Crippen LogP contribution in [0.25, 0.3) is 0 Å². The van der Waals surface area contributed by atoms with Gasteiger partial charge in [-0.15, -0.1) is 0 Å². The summed E-state index contributed by atoms with van der Waals surface area (Å²) in [6, 6.07) is 5.49. The van der Waals surface area contributed by atoms with Crippen molar-refractivity contribution in [2.75, 3.05) is 13.7 Å². The molecule has 0 spiro atoms. The lowest BCUT2D eigenvalue weighted by Crippen LogP contribution is -2.39. The molecular weight excluding hydrogens is 330 g/mol. The first kappa shape index (κ1) is 16.2. The molecule has 0 aromatic heterocycles. The number of ether oxygens (including phenoxy) is 1. The third kappa shape index (κ3) is 4.64. The van der Waals surface area contributed by atoms with Crippen LogP contribution < -0.4 is 0 Å². The number of hydrogen-bond donors (Lipinski definition) is 0. The lowest BCUT2D eigenvalue weighted by atomic mass is 10.2. The molecule has 0 aliphatic heterocycles. The zero-order valence-corrected chi connectivity index (χ0v) is 13.4. The summed E-state index contributed by atoms with van der Waals surface area (Å²) >= 11 is 9.36. The van der Waals surface area contributed by atoms with E-state index in [1.54, 1.807) is 18.1 Å². The molecule has 0 N–H and O–H groups in total. The fraction of sp³-hybridized carbons (Fsp3) is 0.357. The molecule has 0 saturated heterocycles. The molecule has 0 saturated carbocycles. The van der Waals surface area contributed by atoms with E-state index in [4.69, 9.17) is 16.3 Å². The molecule has 1 aromatic rings. The molecule has 104 valence electrons. The van der Waals surface area contributed by atoms with Gasteiger partial charge in [-0.25, -0.2) is 0 Å². The number of halogens is 2. The van der Waals surface area contributed by atoms with Crippen molar-refractivity contribution < 1.29 is 9.53 Å². The molecule has 0 heterocycles. The molecule has 0 aliphatic carbocycles. The zero-order valence-electron chi connectivity index (χ0n) is 11.0. The van der Waals surface area contributed by atoms with E-state index >= 15 is 0 Å². The Hall–Kier alpha value is -0.840. The van der Waals surface area contributed by atoms with Crippen LogP contribution in [-0.4, -0.2) is 30.6 Å². The van der Waals surface area contributed by atoms with Gasteiger partial charge < -0.3 is 9.64 Å². The van der Waals surface area contributed by atoms with E-state index in [2.05, 4.69) is 22.5 Å².